The average Bonchev–Trinajstić information content (AvgIpc) is 2.64. The fraction of sp³-hybridized carbons (Fsp3) is 0.905. The van der Waals surface area contributed by atoms with E-state index in [-0.39, 0.29) is 36.0 Å². The minimum atomic E-state index is -0.312. The number of hydrogen-bond acceptors (Lipinski definition) is 6. The molecule has 0 aromatic heterocycles. The van der Waals surface area contributed by atoms with Gasteiger partial charge in [0, 0.05) is 13.2 Å². The maximum Gasteiger partial charge on any atom is 0.308 e. The van der Waals surface area contributed by atoms with E-state index in [1.165, 1.54) is 0 Å². The Labute approximate surface area is 163 Å². The van der Waals surface area contributed by atoms with Gasteiger partial charge in [-0.2, -0.15) is 0 Å². The normalized spacial score (nSPS) is 31.0. The third-order valence-corrected chi connectivity index (χ3v) is 5.62. The number of carbonyl (C=O) groups excluding carboxylic acids is 2. The summed E-state index contributed by atoms with van der Waals surface area (Å²) in [5.74, 6) is -0.344. The van der Waals surface area contributed by atoms with Crippen molar-refractivity contribution >= 4 is 11.9 Å². The molecule has 0 amide bonds. The molecule has 6 nitrogen and oxygen atoms in total. The van der Waals surface area contributed by atoms with Gasteiger partial charge in [0.05, 0.1) is 37.3 Å². The summed E-state index contributed by atoms with van der Waals surface area (Å²) in [4.78, 5) is 24.5. The highest BCUT2D eigenvalue weighted by molar-refractivity contribution is 5.75. The number of hydrogen-bond donors (Lipinski definition) is 0. The lowest BCUT2D eigenvalue weighted by atomic mass is 9.96. The summed E-state index contributed by atoms with van der Waals surface area (Å²) < 4.78 is 22.0. The zero-order valence-electron chi connectivity index (χ0n) is 17.3. The Kier molecular flexibility index (Phi) is 9.03. The van der Waals surface area contributed by atoms with E-state index in [0.29, 0.717) is 31.5 Å². The van der Waals surface area contributed by atoms with Crippen LogP contribution >= 0.6 is 0 Å². The van der Waals surface area contributed by atoms with Crippen LogP contribution in [0.3, 0.4) is 0 Å². The number of esters is 2. The predicted molar refractivity (Wildman–Crippen MR) is 101 cm³/mol. The Morgan fingerprint density at radius 3 is 1.63 bits per heavy atom. The molecule has 0 radical (unpaired) electrons. The van der Waals surface area contributed by atoms with E-state index in [4.69, 9.17) is 18.9 Å². The first-order chi connectivity index (χ1) is 12.8. The summed E-state index contributed by atoms with van der Waals surface area (Å²) in [6.07, 6.45) is 4.62. The van der Waals surface area contributed by atoms with Crippen molar-refractivity contribution in [3.8, 4) is 0 Å². The molecule has 6 unspecified atom stereocenters. The maximum atomic E-state index is 12.2. The van der Waals surface area contributed by atoms with Crippen LogP contribution in [-0.2, 0) is 28.5 Å². The van der Waals surface area contributed by atoms with E-state index in [0.717, 1.165) is 38.9 Å². The molecule has 0 bridgehead atoms. The van der Waals surface area contributed by atoms with Crippen LogP contribution in [0.1, 0.15) is 59.8 Å². The van der Waals surface area contributed by atoms with Crippen LogP contribution in [0, 0.1) is 23.7 Å². The van der Waals surface area contributed by atoms with Gasteiger partial charge in [0.1, 0.15) is 0 Å². The van der Waals surface area contributed by atoms with Crippen LogP contribution in [0.5, 0.6) is 0 Å². The zero-order chi connectivity index (χ0) is 19.8. The smallest absolute Gasteiger partial charge is 0.308 e. The number of ether oxygens (including phenoxy) is 4. The Hall–Kier alpha value is -1.14. The summed E-state index contributed by atoms with van der Waals surface area (Å²) in [6, 6.07) is 0. The molecular formula is C21H36O6. The van der Waals surface area contributed by atoms with Crippen LogP contribution in [0.4, 0.5) is 0 Å². The second-order valence-electron chi connectivity index (χ2n) is 8.44. The molecule has 156 valence electrons. The van der Waals surface area contributed by atoms with Gasteiger partial charge < -0.3 is 18.9 Å². The summed E-state index contributed by atoms with van der Waals surface area (Å²) in [6.45, 7) is 10.1. The van der Waals surface area contributed by atoms with E-state index in [1.807, 2.05) is 27.7 Å². The van der Waals surface area contributed by atoms with Gasteiger partial charge in [0.25, 0.3) is 0 Å². The van der Waals surface area contributed by atoms with Crippen LogP contribution in [0.2, 0.25) is 0 Å². The van der Waals surface area contributed by atoms with Gasteiger partial charge in [0.15, 0.2) is 0 Å². The fourth-order valence-electron chi connectivity index (χ4n) is 3.89. The largest absolute Gasteiger partial charge is 0.465 e. The lowest BCUT2D eigenvalue weighted by Crippen LogP contribution is -2.30. The van der Waals surface area contributed by atoms with Crippen molar-refractivity contribution in [3.05, 3.63) is 0 Å². The number of carbonyl (C=O) groups is 2. The molecule has 0 aromatic carbocycles. The Morgan fingerprint density at radius 2 is 1.26 bits per heavy atom. The molecule has 0 spiro atoms. The molecule has 2 saturated heterocycles. The van der Waals surface area contributed by atoms with E-state index in [2.05, 4.69) is 0 Å². The highest BCUT2D eigenvalue weighted by Crippen LogP contribution is 2.23. The molecule has 2 heterocycles. The average molecular weight is 385 g/mol. The molecule has 0 aromatic rings. The van der Waals surface area contributed by atoms with Gasteiger partial charge >= 0.3 is 11.9 Å². The standard InChI is InChI=1S/C21H36O6/c1-14(20(22)26-12-18-5-7-24-16(3)10-18)9-15(2)21(23)27-13-19-6-8-25-17(4)11-19/h14-19H,5-13H2,1-4H3. The topological polar surface area (TPSA) is 71.1 Å². The van der Waals surface area contributed by atoms with Crippen LogP contribution in [0.25, 0.3) is 0 Å². The third kappa shape index (κ3) is 7.78. The van der Waals surface area contributed by atoms with Crippen LogP contribution < -0.4 is 0 Å². The van der Waals surface area contributed by atoms with Gasteiger partial charge in [0.2, 0.25) is 0 Å². The quantitative estimate of drug-likeness (QED) is 0.598. The Balaban J connectivity index is 1.64. The molecule has 2 rings (SSSR count). The first kappa shape index (κ1) is 22.2. The van der Waals surface area contributed by atoms with Crippen molar-refractivity contribution in [1.82, 2.24) is 0 Å². The fourth-order valence-corrected chi connectivity index (χ4v) is 3.89. The predicted octanol–water partition coefficient (Wildman–Crippen LogP) is 3.37. The summed E-state index contributed by atoms with van der Waals surface area (Å²) in [5.41, 5.74) is 0. The molecule has 0 N–H and O–H groups in total. The molecule has 0 saturated carbocycles. The third-order valence-electron chi connectivity index (χ3n) is 5.62. The lowest BCUT2D eigenvalue weighted by molar-refractivity contribution is -0.155. The van der Waals surface area contributed by atoms with Crippen LogP contribution in [0.15, 0.2) is 0 Å². The van der Waals surface area contributed by atoms with E-state index >= 15 is 0 Å². The summed E-state index contributed by atoms with van der Waals surface area (Å²) in [5, 5.41) is 0. The van der Waals surface area contributed by atoms with Crippen molar-refractivity contribution in [2.24, 2.45) is 23.7 Å². The molecule has 2 fully saturated rings. The first-order valence-electron chi connectivity index (χ1n) is 10.4. The molecule has 2 aliphatic heterocycles. The van der Waals surface area contributed by atoms with Crippen LogP contribution in [-0.4, -0.2) is 50.6 Å². The van der Waals surface area contributed by atoms with Crippen molar-refractivity contribution in [2.75, 3.05) is 26.4 Å². The Morgan fingerprint density at radius 1 is 0.852 bits per heavy atom. The second kappa shape index (κ2) is 11.0. The lowest BCUT2D eigenvalue weighted by Gasteiger charge is -2.27. The molecular weight excluding hydrogens is 348 g/mol. The van der Waals surface area contributed by atoms with Gasteiger partial charge in [-0.05, 0) is 57.8 Å². The van der Waals surface area contributed by atoms with Crippen molar-refractivity contribution in [1.29, 1.82) is 0 Å². The molecule has 27 heavy (non-hydrogen) atoms. The first-order valence-corrected chi connectivity index (χ1v) is 10.4. The highest BCUT2D eigenvalue weighted by atomic mass is 16.5. The number of rotatable bonds is 8. The van der Waals surface area contributed by atoms with Gasteiger partial charge in [-0.15, -0.1) is 0 Å². The molecule has 0 aliphatic carbocycles. The van der Waals surface area contributed by atoms with Crippen molar-refractivity contribution in [3.63, 3.8) is 0 Å². The van der Waals surface area contributed by atoms with E-state index < -0.39 is 0 Å². The van der Waals surface area contributed by atoms with Gasteiger partial charge in [-0.3, -0.25) is 9.59 Å². The van der Waals surface area contributed by atoms with Crippen molar-refractivity contribution < 1.29 is 28.5 Å². The SMILES string of the molecule is CC1CC(COC(=O)C(C)CC(C)C(=O)OCC2CCOC(C)C2)CCO1. The van der Waals surface area contributed by atoms with Gasteiger partial charge in [-0.25, -0.2) is 0 Å². The highest BCUT2D eigenvalue weighted by Gasteiger charge is 2.27. The zero-order valence-corrected chi connectivity index (χ0v) is 17.3. The monoisotopic (exact) mass is 384 g/mol. The van der Waals surface area contributed by atoms with E-state index in [9.17, 15) is 9.59 Å². The Bertz CT molecular complexity index is 437. The summed E-state index contributed by atoms with van der Waals surface area (Å²) in [7, 11) is 0. The maximum absolute atomic E-state index is 12.2. The minimum absolute atomic E-state index is 0.230. The molecule has 6 heteroatoms. The van der Waals surface area contributed by atoms with E-state index in [1.54, 1.807) is 0 Å². The molecule has 2 aliphatic rings. The molecule has 6 atom stereocenters. The second-order valence-corrected chi connectivity index (χ2v) is 8.44. The van der Waals surface area contributed by atoms with Gasteiger partial charge in [-0.1, -0.05) is 13.8 Å². The minimum Gasteiger partial charge on any atom is -0.465 e. The summed E-state index contributed by atoms with van der Waals surface area (Å²) >= 11 is 0. The van der Waals surface area contributed by atoms with Crippen molar-refractivity contribution in [2.45, 2.75) is 72.0 Å².